The summed E-state index contributed by atoms with van der Waals surface area (Å²) in [5, 5.41) is 9.62. The SMILES string of the molecule is Cc1c(O)cccc1Oc1ccc(Br)cc1C(N)=O. The van der Waals surface area contributed by atoms with Crippen LogP contribution in [0.2, 0.25) is 0 Å². The lowest BCUT2D eigenvalue weighted by Crippen LogP contribution is -2.12. The average molecular weight is 322 g/mol. The van der Waals surface area contributed by atoms with Crippen molar-refractivity contribution >= 4 is 21.8 Å². The number of hydrogen-bond donors (Lipinski definition) is 2. The summed E-state index contributed by atoms with van der Waals surface area (Å²) < 4.78 is 6.39. The Kier molecular flexibility index (Phi) is 3.76. The van der Waals surface area contributed by atoms with E-state index in [1.807, 2.05) is 0 Å². The molecule has 0 aliphatic carbocycles. The Labute approximate surface area is 118 Å². The van der Waals surface area contributed by atoms with Gasteiger partial charge in [-0.05, 0) is 37.3 Å². The minimum atomic E-state index is -0.575. The lowest BCUT2D eigenvalue weighted by atomic mass is 10.1. The van der Waals surface area contributed by atoms with Gasteiger partial charge >= 0.3 is 0 Å². The quantitative estimate of drug-likeness (QED) is 0.910. The summed E-state index contributed by atoms with van der Waals surface area (Å²) in [4.78, 5) is 11.4. The number of halogens is 1. The molecular weight excluding hydrogens is 310 g/mol. The number of phenolic OH excluding ortho intramolecular Hbond substituents is 1. The molecule has 0 radical (unpaired) electrons. The van der Waals surface area contributed by atoms with Crippen LogP contribution in [0.25, 0.3) is 0 Å². The second kappa shape index (κ2) is 5.32. The van der Waals surface area contributed by atoms with Gasteiger partial charge in [0.25, 0.3) is 5.91 Å². The van der Waals surface area contributed by atoms with E-state index in [9.17, 15) is 9.90 Å². The molecule has 0 aliphatic rings. The number of primary amides is 1. The molecule has 0 unspecified atom stereocenters. The van der Waals surface area contributed by atoms with Crippen molar-refractivity contribution in [2.45, 2.75) is 6.92 Å². The maximum absolute atomic E-state index is 11.4. The second-order valence-corrected chi connectivity index (χ2v) is 4.92. The van der Waals surface area contributed by atoms with E-state index in [4.69, 9.17) is 10.5 Å². The summed E-state index contributed by atoms with van der Waals surface area (Å²) in [6.45, 7) is 1.73. The Bertz CT molecular complexity index is 641. The van der Waals surface area contributed by atoms with Crippen molar-refractivity contribution in [3.05, 3.63) is 52.0 Å². The Morgan fingerprint density at radius 2 is 2.00 bits per heavy atom. The van der Waals surface area contributed by atoms with Crippen LogP contribution in [0.3, 0.4) is 0 Å². The van der Waals surface area contributed by atoms with E-state index in [0.29, 0.717) is 17.1 Å². The fraction of sp³-hybridized carbons (Fsp3) is 0.0714. The van der Waals surface area contributed by atoms with Gasteiger partial charge in [-0.15, -0.1) is 0 Å². The number of aromatic hydroxyl groups is 1. The van der Waals surface area contributed by atoms with Crippen LogP contribution >= 0.6 is 15.9 Å². The Hall–Kier alpha value is -2.01. The molecule has 0 aromatic heterocycles. The van der Waals surface area contributed by atoms with Gasteiger partial charge in [0.15, 0.2) is 0 Å². The first-order valence-electron chi connectivity index (χ1n) is 5.55. The molecule has 0 aliphatic heterocycles. The summed E-state index contributed by atoms with van der Waals surface area (Å²) >= 11 is 3.27. The minimum absolute atomic E-state index is 0.134. The predicted octanol–water partition coefficient (Wildman–Crippen LogP) is 3.35. The van der Waals surface area contributed by atoms with Crippen LogP contribution in [-0.4, -0.2) is 11.0 Å². The van der Waals surface area contributed by atoms with Crippen molar-refractivity contribution in [1.82, 2.24) is 0 Å². The third-order valence-corrected chi connectivity index (χ3v) is 3.18. The van der Waals surface area contributed by atoms with Crippen molar-refractivity contribution in [2.75, 3.05) is 0 Å². The Morgan fingerprint density at radius 1 is 1.26 bits per heavy atom. The molecule has 2 aromatic rings. The van der Waals surface area contributed by atoms with E-state index in [1.54, 1.807) is 43.3 Å². The summed E-state index contributed by atoms with van der Waals surface area (Å²) in [5.41, 5.74) is 6.19. The highest BCUT2D eigenvalue weighted by Gasteiger charge is 2.12. The van der Waals surface area contributed by atoms with Gasteiger partial charge in [0.1, 0.15) is 17.2 Å². The van der Waals surface area contributed by atoms with Gasteiger partial charge in [0.2, 0.25) is 0 Å². The molecule has 0 saturated carbocycles. The highest BCUT2D eigenvalue weighted by Crippen LogP contribution is 2.32. The van der Waals surface area contributed by atoms with Crippen LogP contribution in [-0.2, 0) is 0 Å². The van der Waals surface area contributed by atoms with E-state index in [-0.39, 0.29) is 11.3 Å². The molecule has 2 rings (SSSR count). The largest absolute Gasteiger partial charge is 0.508 e. The third-order valence-electron chi connectivity index (χ3n) is 2.68. The van der Waals surface area contributed by atoms with Crippen LogP contribution in [0.4, 0.5) is 0 Å². The smallest absolute Gasteiger partial charge is 0.252 e. The van der Waals surface area contributed by atoms with Gasteiger partial charge in [-0.25, -0.2) is 0 Å². The molecule has 3 N–H and O–H groups in total. The van der Waals surface area contributed by atoms with Crippen molar-refractivity contribution in [2.24, 2.45) is 5.73 Å². The number of amides is 1. The number of nitrogens with two attached hydrogens (primary N) is 1. The molecular formula is C14H12BrNO3. The summed E-state index contributed by atoms with van der Waals surface area (Å²) in [7, 11) is 0. The lowest BCUT2D eigenvalue weighted by molar-refractivity contribution is 0.0998. The molecule has 0 heterocycles. The van der Waals surface area contributed by atoms with Crippen LogP contribution in [0.1, 0.15) is 15.9 Å². The Balaban J connectivity index is 2.44. The van der Waals surface area contributed by atoms with Crippen LogP contribution in [0.15, 0.2) is 40.9 Å². The molecule has 0 saturated heterocycles. The van der Waals surface area contributed by atoms with E-state index in [2.05, 4.69) is 15.9 Å². The summed E-state index contributed by atoms with van der Waals surface area (Å²) in [5.74, 6) is 0.388. The number of hydrogen-bond acceptors (Lipinski definition) is 3. The van der Waals surface area contributed by atoms with Gasteiger partial charge < -0.3 is 15.6 Å². The van der Waals surface area contributed by atoms with Crippen LogP contribution in [0.5, 0.6) is 17.2 Å². The zero-order valence-electron chi connectivity index (χ0n) is 10.2. The first-order valence-corrected chi connectivity index (χ1v) is 6.34. The predicted molar refractivity (Wildman–Crippen MR) is 75.6 cm³/mol. The maximum atomic E-state index is 11.4. The lowest BCUT2D eigenvalue weighted by Gasteiger charge is -2.12. The van der Waals surface area contributed by atoms with Gasteiger partial charge in [-0.3, -0.25) is 4.79 Å². The van der Waals surface area contributed by atoms with Gasteiger partial charge in [0, 0.05) is 10.0 Å². The molecule has 2 aromatic carbocycles. The number of ether oxygens (including phenoxy) is 1. The molecule has 0 atom stereocenters. The molecule has 19 heavy (non-hydrogen) atoms. The van der Waals surface area contributed by atoms with Crippen molar-refractivity contribution in [3.8, 4) is 17.2 Å². The van der Waals surface area contributed by atoms with Crippen LogP contribution < -0.4 is 10.5 Å². The second-order valence-electron chi connectivity index (χ2n) is 4.01. The van der Waals surface area contributed by atoms with Crippen molar-refractivity contribution < 1.29 is 14.6 Å². The standard InChI is InChI=1S/C14H12BrNO3/c1-8-11(17)3-2-4-12(8)19-13-6-5-9(15)7-10(13)14(16)18/h2-7,17H,1H3,(H2,16,18). The van der Waals surface area contributed by atoms with Crippen LogP contribution in [0, 0.1) is 6.92 Å². The average Bonchev–Trinajstić information content (AvgIpc) is 2.36. The molecule has 0 spiro atoms. The van der Waals surface area contributed by atoms with E-state index in [0.717, 1.165) is 4.47 Å². The summed E-state index contributed by atoms with van der Waals surface area (Å²) in [6.07, 6.45) is 0. The number of rotatable bonds is 3. The normalized spacial score (nSPS) is 10.2. The molecule has 0 bridgehead atoms. The van der Waals surface area contributed by atoms with Crippen molar-refractivity contribution in [3.63, 3.8) is 0 Å². The molecule has 0 fully saturated rings. The first-order chi connectivity index (χ1) is 8.99. The highest BCUT2D eigenvalue weighted by atomic mass is 79.9. The topological polar surface area (TPSA) is 72.6 Å². The zero-order chi connectivity index (χ0) is 14.0. The zero-order valence-corrected chi connectivity index (χ0v) is 11.8. The molecule has 98 valence electrons. The molecule has 5 heteroatoms. The van der Waals surface area contributed by atoms with Gasteiger partial charge in [-0.1, -0.05) is 22.0 Å². The van der Waals surface area contributed by atoms with Gasteiger partial charge in [0.05, 0.1) is 5.56 Å². The van der Waals surface area contributed by atoms with E-state index in [1.165, 1.54) is 0 Å². The molecule has 1 amide bonds. The number of phenols is 1. The maximum Gasteiger partial charge on any atom is 0.252 e. The van der Waals surface area contributed by atoms with Gasteiger partial charge in [-0.2, -0.15) is 0 Å². The van der Waals surface area contributed by atoms with Crippen molar-refractivity contribution in [1.29, 1.82) is 0 Å². The summed E-state index contributed by atoms with van der Waals surface area (Å²) in [6, 6.07) is 9.93. The number of carbonyl (C=O) groups excluding carboxylic acids is 1. The highest BCUT2D eigenvalue weighted by molar-refractivity contribution is 9.10. The van der Waals surface area contributed by atoms with E-state index >= 15 is 0 Å². The monoisotopic (exact) mass is 321 g/mol. The third kappa shape index (κ3) is 2.88. The fourth-order valence-corrected chi connectivity index (χ4v) is 1.98. The minimum Gasteiger partial charge on any atom is -0.508 e. The Morgan fingerprint density at radius 3 is 2.68 bits per heavy atom. The van der Waals surface area contributed by atoms with E-state index < -0.39 is 5.91 Å². The number of carbonyl (C=O) groups is 1. The molecule has 4 nitrogen and oxygen atoms in total. The fourth-order valence-electron chi connectivity index (χ4n) is 1.62. The first kappa shape index (κ1) is 13.4. The number of benzene rings is 2.